The summed E-state index contributed by atoms with van der Waals surface area (Å²) in [6.45, 7) is 5.73. The highest BCUT2D eigenvalue weighted by molar-refractivity contribution is 5.76. The number of nitrogens with one attached hydrogen (secondary N) is 2. The third-order valence-electron chi connectivity index (χ3n) is 2.26. The monoisotopic (exact) mass is 195 g/mol. The van der Waals surface area contributed by atoms with Gasteiger partial charge in [-0.3, -0.25) is 0 Å². The second-order valence-corrected chi connectivity index (χ2v) is 4.88. The van der Waals surface area contributed by atoms with Gasteiger partial charge in [0.05, 0.1) is 6.07 Å². The number of carbonyl (C=O) groups is 1. The van der Waals surface area contributed by atoms with Crippen LogP contribution in [0.25, 0.3) is 0 Å². The van der Waals surface area contributed by atoms with E-state index >= 15 is 0 Å². The minimum atomic E-state index is -0.602. The molecule has 0 saturated heterocycles. The number of nitriles is 1. The van der Waals surface area contributed by atoms with Crippen LogP contribution in [0.3, 0.4) is 0 Å². The van der Waals surface area contributed by atoms with Crippen molar-refractivity contribution in [2.45, 2.75) is 51.1 Å². The standard InChI is InChI=1S/C10H17N3O/c1-9(2,3)12-8(14)13-10(7-11)5-4-6-10/h4-6H2,1-3H3,(H2,12,13,14). The van der Waals surface area contributed by atoms with Gasteiger partial charge in [-0.1, -0.05) is 0 Å². The summed E-state index contributed by atoms with van der Waals surface area (Å²) in [7, 11) is 0. The third-order valence-corrected chi connectivity index (χ3v) is 2.26. The van der Waals surface area contributed by atoms with Gasteiger partial charge in [-0.25, -0.2) is 4.79 Å². The van der Waals surface area contributed by atoms with Gasteiger partial charge in [0.1, 0.15) is 5.54 Å². The molecular weight excluding hydrogens is 178 g/mol. The summed E-state index contributed by atoms with van der Waals surface area (Å²) in [6, 6.07) is 1.91. The van der Waals surface area contributed by atoms with Crippen LogP contribution in [0, 0.1) is 11.3 Å². The van der Waals surface area contributed by atoms with E-state index in [2.05, 4.69) is 16.7 Å². The fraction of sp³-hybridized carbons (Fsp3) is 0.800. The van der Waals surface area contributed by atoms with Crippen molar-refractivity contribution in [1.29, 1.82) is 5.26 Å². The van der Waals surface area contributed by atoms with Crippen LogP contribution in [-0.4, -0.2) is 17.1 Å². The van der Waals surface area contributed by atoms with E-state index in [1.165, 1.54) is 0 Å². The molecule has 14 heavy (non-hydrogen) atoms. The molecule has 2 N–H and O–H groups in total. The summed E-state index contributed by atoms with van der Waals surface area (Å²) in [5, 5.41) is 14.4. The van der Waals surface area contributed by atoms with Crippen molar-refractivity contribution in [3.63, 3.8) is 0 Å². The number of carbonyl (C=O) groups excluding carboxylic acids is 1. The van der Waals surface area contributed by atoms with Gasteiger partial charge in [0.25, 0.3) is 0 Å². The Morgan fingerprint density at radius 2 is 2.00 bits per heavy atom. The quantitative estimate of drug-likeness (QED) is 0.666. The van der Waals surface area contributed by atoms with Crippen molar-refractivity contribution in [2.75, 3.05) is 0 Å². The average molecular weight is 195 g/mol. The SMILES string of the molecule is CC(C)(C)NC(=O)NC1(C#N)CCC1. The zero-order chi connectivity index (χ0) is 10.8. The number of rotatable bonds is 1. The first-order valence-electron chi connectivity index (χ1n) is 4.88. The minimum absolute atomic E-state index is 0.251. The third kappa shape index (κ3) is 2.63. The molecule has 2 amide bonds. The average Bonchev–Trinajstić information content (AvgIpc) is 1.93. The Morgan fingerprint density at radius 3 is 2.29 bits per heavy atom. The van der Waals surface area contributed by atoms with Crippen LogP contribution in [0.15, 0.2) is 0 Å². The molecule has 0 aromatic heterocycles. The summed E-state index contributed by atoms with van der Waals surface area (Å²) < 4.78 is 0. The highest BCUT2D eigenvalue weighted by Crippen LogP contribution is 2.30. The maximum atomic E-state index is 11.5. The lowest BCUT2D eigenvalue weighted by Crippen LogP contribution is -2.58. The Labute approximate surface area is 84.7 Å². The lowest BCUT2D eigenvalue weighted by atomic mass is 9.78. The molecule has 4 nitrogen and oxygen atoms in total. The molecular formula is C10H17N3O. The Balaban J connectivity index is 2.45. The van der Waals surface area contributed by atoms with Gasteiger partial charge in [0.15, 0.2) is 0 Å². The predicted molar refractivity (Wildman–Crippen MR) is 53.6 cm³/mol. The van der Waals surface area contributed by atoms with E-state index in [0.717, 1.165) is 19.3 Å². The van der Waals surface area contributed by atoms with Crippen LogP contribution in [0.4, 0.5) is 4.79 Å². The predicted octanol–water partition coefficient (Wildman–Crippen LogP) is 1.53. The molecule has 0 unspecified atom stereocenters. The number of hydrogen-bond acceptors (Lipinski definition) is 2. The van der Waals surface area contributed by atoms with E-state index in [1.54, 1.807) is 0 Å². The smallest absolute Gasteiger partial charge is 0.316 e. The van der Waals surface area contributed by atoms with Crippen LogP contribution >= 0.6 is 0 Å². The molecule has 1 rings (SSSR count). The zero-order valence-electron chi connectivity index (χ0n) is 8.98. The number of hydrogen-bond donors (Lipinski definition) is 2. The molecule has 0 spiro atoms. The first-order chi connectivity index (χ1) is 6.37. The van der Waals surface area contributed by atoms with E-state index in [-0.39, 0.29) is 11.6 Å². The van der Waals surface area contributed by atoms with Crippen molar-refractivity contribution in [2.24, 2.45) is 0 Å². The second-order valence-electron chi connectivity index (χ2n) is 4.88. The van der Waals surface area contributed by atoms with Gasteiger partial charge >= 0.3 is 6.03 Å². The lowest BCUT2D eigenvalue weighted by molar-refractivity contribution is 0.203. The molecule has 0 radical (unpaired) electrons. The van der Waals surface area contributed by atoms with Crippen molar-refractivity contribution in [3.8, 4) is 6.07 Å². The van der Waals surface area contributed by atoms with Crippen LogP contribution < -0.4 is 10.6 Å². The van der Waals surface area contributed by atoms with Gasteiger partial charge in [0, 0.05) is 5.54 Å². The van der Waals surface area contributed by atoms with Crippen LogP contribution in [0.1, 0.15) is 40.0 Å². The zero-order valence-corrected chi connectivity index (χ0v) is 8.98. The molecule has 1 fully saturated rings. The first-order valence-corrected chi connectivity index (χ1v) is 4.88. The van der Waals surface area contributed by atoms with E-state index in [4.69, 9.17) is 5.26 Å². The number of urea groups is 1. The molecule has 1 aliphatic rings. The van der Waals surface area contributed by atoms with E-state index in [1.807, 2.05) is 20.8 Å². The summed E-state index contributed by atoms with van der Waals surface area (Å²) in [6.07, 6.45) is 2.55. The first kappa shape index (κ1) is 10.8. The van der Waals surface area contributed by atoms with E-state index in [0.29, 0.717) is 0 Å². The van der Waals surface area contributed by atoms with Gasteiger partial charge in [-0.2, -0.15) is 5.26 Å². The lowest BCUT2D eigenvalue weighted by Gasteiger charge is -2.36. The molecule has 0 atom stereocenters. The Hall–Kier alpha value is -1.24. The largest absolute Gasteiger partial charge is 0.334 e. The Morgan fingerprint density at radius 1 is 1.43 bits per heavy atom. The highest BCUT2D eigenvalue weighted by Gasteiger charge is 2.39. The van der Waals surface area contributed by atoms with Crippen molar-refractivity contribution in [1.82, 2.24) is 10.6 Å². The molecule has 0 aliphatic heterocycles. The van der Waals surface area contributed by atoms with Gasteiger partial charge in [-0.05, 0) is 40.0 Å². The summed E-state index contributed by atoms with van der Waals surface area (Å²) in [5.74, 6) is 0. The van der Waals surface area contributed by atoms with Crippen molar-refractivity contribution >= 4 is 6.03 Å². The van der Waals surface area contributed by atoms with Crippen LogP contribution in [-0.2, 0) is 0 Å². The van der Waals surface area contributed by atoms with Crippen molar-refractivity contribution in [3.05, 3.63) is 0 Å². The molecule has 0 bridgehead atoms. The number of nitrogens with zero attached hydrogens (tertiary/aromatic N) is 1. The fourth-order valence-corrected chi connectivity index (χ4v) is 1.38. The minimum Gasteiger partial charge on any atom is -0.334 e. The fourth-order valence-electron chi connectivity index (χ4n) is 1.38. The molecule has 1 saturated carbocycles. The molecule has 1 aliphatic carbocycles. The highest BCUT2D eigenvalue weighted by atomic mass is 16.2. The van der Waals surface area contributed by atoms with Crippen LogP contribution in [0.2, 0.25) is 0 Å². The molecule has 0 aromatic rings. The van der Waals surface area contributed by atoms with E-state index < -0.39 is 5.54 Å². The van der Waals surface area contributed by atoms with Gasteiger partial charge in [0.2, 0.25) is 0 Å². The molecule has 4 heteroatoms. The molecule has 0 heterocycles. The normalized spacial score (nSPS) is 19.0. The Bertz CT molecular complexity index is 268. The maximum absolute atomic E-state index is 11.5. The summed E-state index contributed by atoms with van der Waals surface area (Å²) in [4.78, 5) is 11.5. The summed E-state index contributed by atoms with van der Waals surface area (Å²) >= 11 is 0. The van der Waals surface area contributed by atoms with Crippen LogP contribution in [0.5, 0.6) is 0 Å². The molecule has 0 aromatic carbocycles. The van der Waals surface area contributed by atoms with Gasteiger partial charge < -0.3 is 10.6 Å². The van der Waals surface area contributed by atoms with E-state index in [9.17, 15) is 4.79 Å². The Kier molecular flexibility index (Phi) is 2.70. The number of amides is 2. The van der Waals surface area contributed by atoms with Gasteiger partial charge in [-0.15, -0.1) is 0 Å². The summed E-state index contributed by atoms with van der Waals surface area (Å²) in [5.41, 5.74) is -0.861. The maximum Gasteiger partial charge on any atom is 0.316 e. The topological polar surface area (TPSA) is 64.9 Å². The second kappa shape index (κ2) is 3.49. The van der Waals surface area contributed by atoms with Crippen molar-refractivity contribution < 1.29 is 4.79 Å². The molecule has 78 valence electrons.